The number of piperazine rings is 1. The molecule has 0 N–H and O–H groups in total. The molecule has 2 saturated heterocycles. The standard InChI is InChI=1S/C19H23F2N5O2S/c20-16-5-4-15(14-17(16)21)29(27,28)26-12-10-25(11-13-26)19-7-6-18(22-23-19)24-8-2-1-3-9-24/h4-7,14H,1-3,8-13H2. The van der Waals surface area contributed by atoms with E-state index in [0.29, 0.717) is 18.9 Å². The fraction of sp³-hybridized carbons (Fsp3) is 0.474. The molecule has 0 aliphatic carbocycles. The number of rotatable bonds is 4. The Bertz CT molecular complexity index is 957. The monoisotopic (exact) mass is 423 g/mol. The summed E-state index contributed by atoms with van der Waals surface area (Å²) in [7, 11) is -3.87. The van der Waals surface area contributed by atoms with E-state index < -0.39 is 21.7 Å². The normalized spacial score (nSPS) is 18.8. The van der Waals surface area contributed by atoms with Crippen molar-refractivity contribution in [3.8, 4) is 0 Å². The molecule has 0 spiro atoms. The summed E-state index contributed by atoms with van der Waals surface area (Å²) in [5.74, 6) is -0.669. The van der Waals surface area contributed by atoms with Gasteiger partial charge in [0.1, 0.15) is 0 Å². The van der Waals surface area contributed by atoms with Crippen LogP contribution in [0.25, 0.3) is 0 Å². The summed E-state index contributed by atoms with van der Waals surface area (Å²) in [6.45, 7) is 3.35. The molecule has 0 amide bonds. The van der Waals surface area contributed by atoms with Crippen LogP contribution in [0.4, 0.5) is 20.4 Å². The largest absolute Gasteiger partial charge is 0.355 e. The Morgan fingerprint density at radius 3 is 1.86 bits per heavy atom. The summed E-state index contributed by atoms with van der Waals surface area (Å²) in [6.07, 6.45) is 3.58. The average Bonchev–Trinajstić information content (AvgIpc) is 2.76. The smallest absolute Gasteiger partial charge is 0.243 e. The van der Waals surface area contributed by atoms with Crippen molar-refractivity contribution in [2.75, 3.05) is 49.1 Å². The van der Waals surface area contributed by atoms with Gasteiger partial charge < -0.3 is 9.80 Å². The minimum Gasteiger partial charge on any atom is -0.355 e. The summed E-state index contributed by atoms with van der Waals surface area (Å²) in [6, 6.07) is 6.51. The van der Waals surface area contributed by atoms with Gasteiger partial charge in [0.25, 0.3) is 0 Å². The maximum absolute atomic E-state index is 13.4. The Kier molecular flexibility index (Phi) is 5.64. The summed E-state index contributed by atoms with van der Waals surface area (Å²) in [4.78, 5) is 3.96. The van der Waals surface area contributed by atoms with Gasteiger partial charge in [-0.05, 0) is 49.6 Å². The SMILES string of the molecule is O=S(=O)(c1ccc(F)c(F)c1)N1CCN(c2ccc(N3CCCCC3)nn2)CC1. The lowest BCUT2D eigenvalue weighted by Crippen LogP contribution is -2.49. The predicted molar refractivity (Wildman–Crippen MR) is 105 cm³/mol. The number of hydrogen-bond acceptors (Lipinski definition) is 6. The fourth-order valence-electron chi connectivity index (χ4n) is 3.72. The van der Waals surface area contributed by atoms with Gasteiger partial charge in [-0.25, -0.2) is 17.2 Å². The van der Waals surface area contributed by atoms with E-state index in [1.807, 2.05) is 17.0 Å². The molecule has 2 fully saturated rings. The molecule has 0 unspecified atom stereocenters. The third-order valence-corrected chi connectivity index (χ3v) is 7.30. The van der Waals surface area contributed by atoms with Crippen LogP contribution >= 0.6 is 0 Å². The van der Waals surface area contributed by atoms with Crippen LogP contribution in [0.3, 0.4) is 0 Å². The second kappa shape index (κ2) is 8.19. The van der Waals surface area contributed by atoms with Crippen LogP contribution in [-0.4, -0.2) is 62.2 Å². The van der Waals surface area contributed by atoms with E-state index in [1.54, 1.807) is 0 Å². The number of nitrogens with zero attached hydrogens (tertiary/aromatic N) is 5. The van der Waals surface area contributed by atoms with E-state index in [1.165, 1.54) is 10.7 Å². The Morgan fingerprint density at radius 2 is 1.31 bits per heavy atom. The van der Waals surface area contributed by atoms with Gasteiger partial charge in [0.2, 0.25) is 10.0 Å². The molecule has 0 saturated carbocycles. The minimum absolute atomic E-state index is 0.233. The van der Waals surface area contributed by atoms with E-state index in [4.69, 9.17) is 0 Å². The molecule has 156 valence electrons. The van der Waals surface area contributed by atoms with Crippen molar-refractivity contribution in [3.63, 3.8) is 0 Å². The van der Waals surface area contributed by atoms with Crippen molar-refractivity contribution in [2.45, 2.75) is 24.2 Å². The molecule has 2 aromatic rings. The van der Waals surface area contributed by atoms with Crippen molar-refractivity contribution in [1.29, 1.82) is 0 Å². The molecule has 0 bridgehead atoms. The molecule has 3 heterocycles. The van der Waals surface area contributed by atoms with E-state index in [-0.39, 0.29) is 18.0 Å². The van der Waals surface area contributed by atoms with Crippen molar-refractivity contribution in [3.05, 3.63) is 42.0 Å². The van der Waals surface area contributed by atoms with Gasteiger partial charge in [-0.2, -0.15) is 4.31 Å². The number of benzene rings is 1. The van der Waals surface area contributed by atoms with Gasteiger partial charge in [-0.3, -0.25) is 0 Å². The summed E-state index contributed by atoms with van der Waals surface area (Å²) in [5, 5.41) is 8.66. The first kappa shape index (κ1) is 20.0. The number of hydrogen-bond donors (Lipinski definition) is 0. The summed E-state index contributed by atoms with van der Waals surface area (Å²) in [5.41, 5.74) is 0. The molecule has 1 aromatic heterocycles. The lowest BCUT2D eigenvalue weighted by atomic mass is 10.1. The van der Waals surface area contributed by atoms with Gasteiger partial charge in [-0.15, -0.1) is 10.2 Å². The highest BCUT2D eigenvalue weighted by molar-refractivity contribution is 7.89. The van der Waals surface area contributed by atoms with Crippen LogP contribution in [0, 0.1) is 11.6 Å². The van der Waals surface area contributed by atoms with E-state index in [9.17, 15) is 17.2 Å². The molecule has 0 radical (unpaired) electrons. The summed E-state index contributed by atoms with van der Waals surface area (Å²) < 4.78 is 53.2. The highest BCUT2D eigenvalue weighted by Crippen LogP contribution is 2.23. The lowest BCUT2D eigenvalue weighted by molar-refractivity contribution is 0.383. The second-order valence-electron chi connectivity index (χ2n) is 7.26. The maximum Gasteiger partial charge on any atom is 0.243 e. The topological polar surface area (TPSA) is 69.6 Å². The average molecular weight is 423 g/mol. The Balaban J connectivity index is 1.40. The highest BCUT2D eigenvalue weighted by atomic mass is 32.2. The first-order valence-corrected chi connectivity index (χ1v) is 11.2. The van der Waals surface area contributed by atoms with E-state index >= 15 is 0 Å². The molecular weight excluding hydrogens is 400 g/mol. The van der Waals surface area contributed by atoms with Crippen molar-refractivity contribution < 1.29 is 17.2 Å². The molecule has 7 nitrogen and oxygen atoms in total. The Morgan fingerprint density at radius 1 is 0.724 bits per heavy atom. The van der Waals surface area contributed by atoms with Gasteiger partial charge in [-0.1, -0.05) is 0 Å². The van der Waals surface area contributed by atoms with Crippen LogP contribution in [-0.2, 0) is 10.0 Å². The molecular formula is C19H23F2N5O2S. The van der Waals surface area contributed by atoms with Crippen molar-refractivity contribution in [1.82, 2.24) is 14.5 Å². The van der Waals surface area contributed by atoms with Gasteiger partial charge in [0.15, 0.2) is 23.3 Å². The molecule has 1 aromatic carbocycles. The number of anilines is 2. The van der Waals surface area contributed by atoms with E-state index in [0.717, 1.165) is 49.9 Å². The first-order chi connectivity index (χ1) is 13.9. The molecule has 29 heavy (non-hydrogen) atoms. The third kappa shape index (κ3) is 4.18. The van der Waals surface area contributed by atoms with Gasteiger partial charge >= 0.3 is 0 Å². The molecule has 2 aliphatic heterocycles. The van der Waals surface area contributed by atoms with Gasteiger partial charge in [0, 0.05) is 39.3 Å². The second-order valence-corrected chi connectivity index (χ2v) is 9.20. The first-order valence-electron chi connectivity index (χ1n) is 9.74. The number of aromatic nitrogens is 2. The highest BCUT2D eigenvalue weighted by Gasteiger charge is 2.29. The van der Waals surface area contributed by atoms with E-state index in [2.05, 4.69) is 15.1 Å². The summed E-state index contributed by atoms with van der Waals surface area (Å²) >= 11 is 0. The van der Waals surface area contributed by atoms with Crippen LogP contribution in [0.1, 0.15) is 19.3 Å². The van der Waals surface area contributed by atoms with Crippen molar-refractivity contribution in [2.24, 2.45) is 0 Å². The Labute approximate surface area is 169 Å². The van der Waals surface area contributed by atoms with Crippen LogP contribution < -0.4 is 9.80 Å². The van der Waals surface area contributed by atoms with Crippen molar-refractivity contribution >= 4 is 21.7 Å². The lowest BCUT2D eigenvalue weighted by Gasteiger charge is -2.34. The zero-order valence-electron chi connectivity index (χ0n) is 16.0. The van der Waals surface area contributed by atoms with Crippen LogP contribution in [0.15, 0.2) is 35.2 Å². The van der Waals surface area contributed by atoms with Gasteiger partial charge in [0.05, 0.1) is 4.90 Å². The number of halogens is 2. The maximum atomic E-state index is 13.4. The molecule has 0 atom stereocenters. The number of sulfonamides is 1. The number of piperidine rings is 1. The third-order valence-electron chi connectivity index (χ3n) is 5.41. The zero-order valence-corrected chi connectivity index (χ0v) is 16.8. The van der Waals surface area contributed by atoms with Crippen LogP contribution in [0.5, 0.6) is 0 Å². The fourth-order valence-corrected chi connectivity index (χ4v) is 5.16. The van der Waals surface area contributed by atoms with Crippen LogP contribution in [0.2, 0.25) is 0 Å². The quantitative estimate of drug-likeness (QED) is 0.752. The predicted octanol–water partition coefficient (Wildman–Crippen LogP) is 2.26. The minimum atomic E-state index is -3.87. The molecule has 4 rings (SSSR count). The molecule has 2 aliphatic rings. The zero-order chi connectivity index (χ0) is 20.4. The molecule has 10 heteroatoms. The Hall–Kier alpha value is -2.33.